The Morgan fingerprint density at radius 2 is 2.11 bits per heavy atom. The van der Waals surface area contributed by atoms with Crippen LogP contribution >= 0.6 is 0 Å². The summed E-state index contributed by atoms with van der Waals surface area (Å²) in [6.45, 7) is 3.09. The topological polar surface area (TPSA) is 66.6 Å². The fourth-order valence-electron chi connectivity index (χ4n) is 3.28. The van der Waals surface area contributed by atoms with Crippen LogP contribution in [0.3, 0.4) is 0 Å². The molecule has 18 heavy (non-hydrogen) atoms. The number of amides is 1. The van der Waals surface area contributed by atoms with E-state index in [0.717, 1.165) is 32.2 Å². The number of nitrogens with zero attached hydrogens (tertiary/aromatic N) is 1. The fraction of sp³-hybridized carbons (Fsp3) is 0.929. The predicted molar refractivity (Wildman–Crippen MR) is 71.0 cm³/mol. The SMILES string of the molecule is CC1(O)CCCN(C(=O)CC2CCCCC2N)C1. The predicted octanol–water partition coefficient (Wildman–Crippen LogP) is 1.27. The molecular formula is C14H26N2O2. The minimum Gasteiger partial charge on any atom is -0.388 e. The summed E-state index contributed by atoms with van der Waals surface area (Å²) in [6.07, 6.45) is 6.78. The van der Waals surface area contributed by atoms with Crippen molar-refractivity contribution in [3.63, 3.8) is 0 Å². The van der Waals surface area contributed by atoms with E-state index in [2.05, 4.69) is 0 Å². The number of carbonyl (C=O) groups is 1. The second-order valence-electron chi connectivity index (χ2n) is 6.33. The quantitative estimate of drug-likeness (QED) is 0.780. The number of rotatable bonds is 2. The van der Waals surface area contributed by atoms with Gasteiger partial charge in [0.05, 0.1) is 5.60 Å². The average Bonchev–Trinajstić information content (AvgIpc) is 2.31. The van der Waals surface area contributed by atoms with Gasteiger partial charge in [-0.15, -0.1) is 0 Å². The Bertz CT molecular complexity index is 304. The van der Waals surface area contributed by atoms with Crippen LogP contribution in [-0.2, 0) is 4.79 Å². The number of likely N-dealkylation sites (tertiary alicyclic amines) is 1. The molecule has 1 aliphatic heterocycles. The van der Waals surface area contributed by atoms with E-state index in [1.165, 1.54) is 12.8 Å². The van der Waals surface area contributed by atoms with Crippen molar-refractivity contribution >= 4 is 5.91 Å². The van der Waals surface area contributed by atoms with E-state index < -0.39 is 5.60 Å². The Morgan fingerprint density at radius 1 is 1.39 bits per heavy atom. The van der Waals surface area contributed by atoms with Crippen LogP contribution in [0, 0.1) is 5.92 Å². The molecule has 1 saturated carbocycles. The Morgan fingerprint density at radius 3 is 2.78 bits per heavy atom. The molecule has 0 spiro atoms. The first-order valence-electron chi connectivity index (χ1n) is 7.24. The Balaban J connectivity index is 1.87. The summed E-state index contributed by atoms with van der Waals surface area (Å²) < 4.78 is 0. The molecule has 3 N–H and O–H groups in total. The molecule has 1 heterocycles. The first-order chi connectivity index (χ1) is 8.48. The maximum absolute atomic E-state index is 12.3. The van der Waals surface area contributed by atoms with Gasteiger partial charge in [0.15, 0.2) is 0 Å². The van der Waals surface area contributed by atoms with E-state index in [0.29, 0.717) is 18.9 Å². The van der Waals surface area contributed by atoms with Crippen molar-refractivity contribution in [3.8, 4) is 0 Å². The molecule has 2 fully saturated rings. The zero-order valence-corrected chi connectivity index (χ0v) is 11.4. The normalized spacial score (nSPS) is 37.6. The molecule has 4 nitrogen and oxygen atoms in total. The largest absolute Gasteiger partial charge is 0.388 e. The van der Waals surface area contributed by atoms with Gasteiger partial charge in [-0.2, -0.15) is 0 Å². The molecule has 2 aliphatic rings. The summed E-state index contributed by atoms with van der Waals surface area (Å²) in [7, 11) is 0. The summed E-state index contributed by atoms with van der Waals surface area (Å²) in [6, 6.07) is 0.188. The highest BCUT2D eigenvalue weighted by Crippen LogP contribution is 2.27. The van der Waals surface area contributed by atoms with Crippen LogP contribution < -0.4 is 5.73 Å². The lowest BCUT2D eigenvalue weighted by Crippen LogP contribution is -2.49. The molecule has 1 aliphatic carbocycles. The van der Waals surface area contributed by atoms with Gasteiger partial charge in [-0.3, -0.25) is 4.79 Å². The van der Waals surface area contributed by atoms with Gasteiger partial charge < -0.3 is 15.7 Å². The smallest absolute Gasteiger partial charge is 0.223 e. The molecule has 0 aromatic carbocycles. The summed E-state index contributed by atoms with van der Waals surface area (Å²) in [4.78, 5) is 14.1. The van der Waals surface area contributed by atoms with Crippen LogP contribution in [0.1, 0.15) is 51.9 Å². The van der Waals surface area contributed by atoms with Gasteiger partial charge in [0.1, 0.15) is 0 Å². The van der Waals surface area contributed by atoms with Crippen LogP contribution in [0.15, 0.2) is 0 Å². The molecular weight excluding hydrogens is 228 g/mol. The fourth-order valence-corrected chi connectivity index (χ4v) is 3.28. The molecule has 1 amide bonds. The van der Waals surface area contributed by atoms with E-state index in [1.807, 2.05) is 11.8 Å². The molecule has 1 saturated heterocycles. The minimum absolute atomic E-state index is 0.178. The highest BCUT2D eigenvalue weighted by atomic mass is 16.3. The van der Waals surface area contributed by atoms with Crippen molar-refractivity contribution in [2.75, 3.05) is 13.1 Å². The van der Waals surface area contributed by atoms with Gasteiger partial charge in [0, 0.05) is 25.6 Å². The Labute approximate surface area is 110 Å². The number of hydrogen-bond donors (Lipinski definition) is 2. The number of β-amino-alcohol motifs (C(OH)–C–C–N with tert-alkyl or cyclic N) is 1. The van der Waals surface area contributed by atoms with E-state index in [1.54, 1.807) is 0 Å². The molecule has 3 unspecified atom stereocenters. The second-order valence-corrected chi connectivity index (χ2v) is 6.33. The lowest BCUT2D eigenvalue weighted by molar-refractivity contribution is -0.138. The minimum atomic E-state index is -0.706. The van der Waals surface area contributed by atoms with Gasteiger partial charge in [-0.25, -0.2) is 0 Å². The third kappa shape index (κ3) is 3.45. The Kier molecular flexibility index (Phi) is 4.28. The summed E-state index contributed by atoms with van der Waals surface area (Å²) in [5.41, 5.74) is 5.38. The number of piperidine rings is 1. The highest BCUT2D eigenvalue weighted by Gasteiger charge is 2.32. The van der Waals surface area contributed by atoms with Crippen LogP contribution in [-0.4, -0.2) is 40.6 Å². The molecule has 0 bridgehead atoms. The number of hydrogen-bond acceptors (Lipinski definition) is 3. The molecule has 4 heteroatoms. The van der Waals surface area contributed by atoms with Crippen molar-refractivity contribution < 1.29 is 9.90 Å². The molecule has 104 valence electrons. The van der Waals surface area contributed by atoms with Gasteiger partial charge in [0.2, 0.25) is 5.91 Å². The third-order valence-corrected chi connectivity index (χ3v) is 4.43. The third-order valence-electron chi connectivity index (χ3n) is 4.43. The van der Waals surface area contributed by atoms with Crippen LogP contribution in [0.5, 0.6) is 0 Å². The summed E-state index contributed by atoms with van der Waals surface area (Å²) in [5, 5.41) is 10.0. The molecule has 0 aromatic heterocycles. The molecule has 3 atom stereocenters. The number of nitrogens with two attached hydrogens (primary N) is 1. The number of aliphatic hydroxyl groups is 1. The highest BCUT2D eigenvalue weighted by molar-refractivity contribution is 5.76. The maximum atomic E-state index is 12.3. The monoisotopic (exact) mass is 254 g/mol. The first kappa shape index (κ1) is 13.8. The summed E-state index contributed by atoms with van der Waals surface area (Å²) >= 11 is 0. The number of carbonyl (C=O) groups excluding carboxylic acids is 1. The van der Waals surface area contributed by atoms with E-state index in [9.17, 15) is 9.90 Å². The van der Waals surface area contributed by atoms with Crippen LogP contribution in [0.4, 0.5) is 0 Å². The van der Waals surface area contributed by atoms with Crippen molar-refractivity contribution in [1.29, 1.82) is 0 Å². The van der Waals surface area contributed by atoms with E-state index >= 15 is 0 Å². The standard InChI is InChI=1S/C14H26N2O2/c1-14(18)7-4-8-16(10-14)13(17)9-11-5-2-3-6-12(11)15/h11-12,18H,2-10,15H2,1H3. The molecule has 0 radical (unpaired) electrons. The molecule has 0 aromatic rings. The van der Waals surface area contributed by atoms with Crippen LogP contribution in [0.2, 0.25) is 0 Å². The molecule has 2 rings (SSSR count). The Hall–Kier alpha value is -0.610. The summed E-state index contributed by atoms with van der Waals surface area (Å²) in [5.74, 6) is 0.524. The van der Waals surface area contributed by atoms with Gasteiger partial charge >= 0.3 is 0 Å². The van der Waals surface area contributed by atoms with Crippen molar-refractivity contribution in [3.05, 3.63) is 0 Å². The lowest BCUT2D eigenvalue weighted by Gasteiger charge is -2.38. The van der Waals surface area contributed by atoms with Gasteiger partial charge in [-0.1, -0.05) is 12.8 Å². The maximum Gasteiger partial charge on any atom is 0.223 e. The average molecular weight is 254 g/mol. The lowest BCUT2D eigenvalue weighted by atomic mass is 9.82. The zero-order chi connectivity index (χ0) is 13.2. The van der Waals surface area contributed by atoms with Crippen molar-refractivity contribution in [1.82, 2.24) is 4.90 Å². The first-order valence-corrected chi connectivity index (χ1v) is 7.24. The zero-order valence-electron chi connectivity index (χ0n) is 11.4. The van der Waals surface area contributed by atoms with Crippen LogP contribution in [0.25, 0.3) is 0 Å². The van der Waals surface area contributed by atoms with Crippen molar-refractivity contribution in [2.45, 2.75) is 63.5 Å². The second kappa shape index (κ2) is 5.57. The van der Waals surface area contributed by atoms with Gasteiger partial charge in [-0.05, 0) is 38.5 Å². The van der Waals surface area contributed by atoms with Gasteiger partial charge in [0.25, 0.3) is 0 Å². The van der Waals surface area contributed by atoms with Crippen molar-refractivity contribution in [2.24, 2.45) is 11.7 Å². The van der Waals surface area contributed by atoms with E-state index in [4.69, 9.17) is 5.73 Å². The van der Waals surface area contributed by atoms with E-state index in [-0.39, 0.29) is 11.9 Å².